The van der Waals surface area contributed by atoms with E-state index in [4.69, 9.17) is 0 Å². The van der Waals surface area contributed by atoms with E-state index >= 15 is 0 Å². The lowest BCUT2D eigenvalue weighted by atomic mass is 10.1. The summed E-state index contributed by atoms with van der Waals surface area (Å²) in [7, 11) is 0. The summed E-state index contributed by atoms with van der Waals surface area (Å²) in [4.78, 5) is 12.7. The van der Waals surface area contributed by atoms with Gasteiger partial charge in [0.2, 0.25) is 0 Å². The van der Waals surface area contributed by atoms with Crippen LogP contribution in [0.15, 0.2) is 9.85 Å². The van der Waals surface area contributed by atoms with Gasteiger partial charge in [-0.25, -0.2) is 0 Å². The van der Waals surface area contributed by atoms with Gasteiger partial charge in [0, 0.05) is 19.2 Å². The molecule has 1 saturated heterocycles. The topological polar surface area (TPSA) is 46.4 Å². The maximum Gasteiger partial charge on any atom is 0.304 e. The van der Waals surface area contributed by atoms with Gasteiger partial charge in [-0.05, 0) is 35.2 Å². The molecule has 82 valence electrons. The molecule has 0 spiro atoms. The van der Waals surface area contributed by atoms with E-state index in [1.165, 1.54) is 17.8 Å². The van der Waals surface area contributed by atoms with Gasteiger partial charge >= 0.3 is 5.69 Å². The largest absolute Gasteiger partial charge is 0.358 e. The number of halogens is 1. The number of piperidine rings is 1. The Bertz CT molecular complexity index is 374. The molecular weight excluding hydrogens is 280 g/mol. The predicted octanol–water partition coefficient (Wildman–Crippen LogP) is 3.41. The highest BCUT2D eigenvalue weighted by atomic mass is 79.9. The zero-order valence-electron chi connectivity index (χ0n) is 8.11. The van der Waals surface area contributed by atoms with Crippen molar-refractivity contribution in [3.63, 3.8) is 0 Å². The summed E-state index contributed by atoms with van der Waals surface area (Å²) < 4.78 is 0.828. The molecule has 1 aliphatic heterocycles. The first kappa shape index (κ1) is 10.9. The Balaban J connectivity index is 2.28. The minimum atomic E-state index is -0.300. The molecule has 1 aliphatic rings. The van der Waals surface area contributed by atoms with Crippen molar-refractivity contribution in [1.29, 1.82) is 0 Å². The van der Waals surface area contributed by atoms with Crippen LogP contribution >= 0.6 is 27.3 Å². The monoisotopic (exact) mass is 290 g/mol. The van der Waals surface area contributed by atoms with Crippen molar-refractivity contribution < 1.29 is 4.92 Å². The van der Waals surface area contributed by atoms with E-state index in [1.807, 2.05) is 0 Å². The Morgan fingerprint density at radius 1 is 1.40 bits per heavy atom. The van der Waals surface area contributed by atoms with Crippen LogP contribution in [0.2, 0.25) is 0 Å². The summed E-state index contributed by atoms with van der Waals surface area (Å²) in [5.41, 5.74) is 0.230. The van der Waals surface area contributed by atoms with Gasteiger partial charge in [-0.1, -0.05) is 0 Å². The molecule has 1 fully saturated rings. The number of rotatable bonds is 2. The van der Waals surface area contributed by atoms with Gasteiger partial charge in [0.25, 0.3) is 0 Å². The fourth-order valence-electron chi connectivity index (χ4n) is 1.80. The van der Waals surface area contributed by atoms with Crippen LogP contribution in [-0.4, -0.2) is 18.0 Å². The van der Waals surface area contributed by atoms with Crippen molar-refractivity contribution in [2.75, 3.05) is 18.0 Å². The summed E-state index contributed by atoms with van der Waals surface area (Å²) in [6.45, 7) is 1.88. The molecule has 1 aromatic heterocycles. The van der Waals surface area contributed by atoms with E-state index in [0.29, 0.717) is 0 Å². The molecule has 0 amide bonds. The standard InChI is InChI=1S/C9H11BrN2O2S/c10-8-6-7(12(13)14)9(15-8)11-4-2-1-3-5-11/h6H,1-5H2. The van der Waals surface area contributed by atoms with Crippen molar-refractivity contribution in [3.8, 4) is 0 Å². The molecule has 0 bridgehead atoms. The minimum absolute atomic E-state index is 0.230. The van der Waals surface area contributed by atoms with Crippen LogP contribution in [0, 0.1) is 10.1 Å². The molecular formula is C9H11BrN2O2S. The van der Waals surface area contributed by atoms with Crippen LogP contribution in [0.3, 0.4) is 0 Å². The molecule has 4 nitrogen and oxygen atoms in total. The molecule has 2 rings (SSSR count). The molecule has 6 heteroatoms. The van der Waals surface area contributed by atoms with Crippen LogP contribution < -0.4 is 4.90 Å². The highest BCUT2D eigenvalue weighted by Crippen LogP contribution is 2.41. The zero-order chi connectivity index (χ0) is 10.8. The van der Waals surface area contributed by atoms with Gasteiger partial charge < -0.3 is 4.90 Å². The van der Waals surface area contributed by atoms with Gasteiger partial charge in [0.1, 0.15) is 0 Å². The molecule has 2 heterocycles. The fourth-order valence-corrected chi connectivity index (χ4v) is 3.38. The van der Waals surface area contributed by atoms with Gasteiger partial charge in [-0.15, -0.1) is 11.3 Å². The van der Waals surface area contributed by atoms with Crippen LogP contribution in [0.5, 0.6) is 0 Å². The highest BCUT2D eigenvalue weighted by molar-refractivity contribution is 9.11. The Hall–Kier alpha value is -0.620. The number of nitro groups is 1. The second kappa shape index (κ2) is 4.49. The maximum atomic E-state index is 10.8. The number of anilines is 1. The van der Waals surface area contributed by atoms with E-state index < -0.39 is 0 Å². The first-order chi connectivity index (χ1) is 7.18. The fraction of sp³-hybridized carbons (Fsp3) is 0.556. The third-order valence-corrected chi connectivity index (χ3v) is 4.19. The molecule has 0 radical (unpaired) electrons. The summed E-state index contributed by atoms with van der Waals surface area (Å²) in [6.07, 6.45) is 3.50. The molecule has 0 unspecified atom stereocenters. The van der Waals surface area contributed by atoms with Crippen molar-refractivity contribution in [2.45, 2.75) is 19.3 Å². The average Bonchev–Trinajstić information content (AvgIpc) is 2.62. The SMILES string of the molecule is O=[N+]([O-])c1cc(Br)sc1N1CCCCC1. The number of hydrogen-bond donors (Lipinski definition) is 0. The molecule has 15 heavy (non-hydrogen) atoms. The molecule has 0 N–H and O–H groups in total. The smallest absolute Gasteiger partial charge is 0.304 e. The molecule has 0 atom stereocenters. The second-order valence-electron chi connectivity index (χ2n) is 3.55. The maximum absolute atomic E-state index is 10.8. The third kappa shape index (κ3) is 2.31. The van der Waals surface area contributed by atoms with Crippen LogP contribution in [-0.2, 0) is 0 Å². The summed E-state index contributed by atoms with van der Waals surface area (Å²) in [5, 5.41) is 11.6. The van der Waals surface area contributed by atoms with E-state index in [-0.39, 0.29) is 10.6 Å². The minimum Gasteiger partial charge on any atom is -0.358 e. The second-order valence-corrected chi connectivity index (χ2v) is 5.96. The molecule has 0 aliphatic carbocycles. The first-order valence-electron chi connectivity index (χ1n) is 4.87. The molecule has 0 aromatic carbocycles. The quantitative estimate of drug-likeness (QED) is 0.619. The van der Waals surface area contributed by atoms with Crippen LogP contribution in [0.25, 0.3) is 0 Å². The predicted molar refractivity (Wildman–Crippen MR) is 64.7 cm³/mol. The van der Waals surface area contributed by atoms with Gasteiger partial charge in [0.05, 0.1) is 8.71 Å². The van der Waals surface area contributed by atoms with E-state index in [9.17, 15) is 10.1 Å². The van der Waals surface area contributed by atoms with Crippen molar-refractivity contribution in [2.24, 2.45) is 0 Å². The summed E-state index contributed by atoms with van der Waals surface area (Å²) in [5.74, 6) is 0. The van der Waals surface area contributed by atoms with E-state index in [2.05, 4.69) is 20.8 Å². The zero-order valence-corrected chi connectivity index (χ0v) is 10.5. The Kier molecular flexibility index (Phi) is 3.25. The molecule has 0 saturated carbocycles. The number of thiophene rings is 1. The van der Waals surface area contributed by atoms with Gasteiger partial charge in [0.15, 0.2) is 5.00 Å². The first-order valence-corrected chi connectivity index (χ1v) is 6.48. The molecule has 1 aromatic rings. The van der Waals surface area contributed by atoms with Crippen molar-refractivity contribution in [1.82, 2.24) is 0 Å². The van der Waals surface area contributed by atoms with Gasteiger partial charge in [-0.3, -0.25) is 10.1 Å². The highest BCUT2D eigenvalue weighted by Gasteiger charge is 2.24. The lowest BCUT2D eigenvalue weighted by molar-refractivity contribution is -0.383. The Labute approximate surface area is 100 Å². The Morgan fingerprint density at radius 2 is 2.07 bits per heavy atom. The van der Waals surface area contributed by atoms with Gasteiger partial charge in [-0.2, -0.15) is 0 Å². The summed E-state index contributed by atoms with van der Waals surface area (Å²) in [6, 6.07) is 1.59. The lowest BCUT2D eigenvalue weighted by Crippen LogP contribution is -2.29. The normalized spacial score (nSPS) is 16.7. The van der Waals surface area contributed by atoms with Crippen molar-refractivity contribution >= 4 is 38.0 Å². The lowest BCUT2D eigenvalue weighted by Gasteiger charge is -2.26. The van der Waals surface area contributed by atoms with Crippen LogP contribution in [0.4, 0.5) is 10.7 Å². The average molecular weight is 291 g/mol. The Morgan fingerprint density at radius 3 is 2.67 bits per heavy atom. The number of nitrogens with zero attached hydrogens (tertiary/aromatic N) is 2. The number of hydrogen-bond acceptors (Lipinski definition) is 4. The van der Waals surface area contributed by atoms with Crippen molar-refractivity contribution in [3.05, 3.63) is 20.0 Å². The van der Waals surface area contributed by atoms with E-state index in [0.717, 1.165) is 34.7 Å². The van der Waals surface area contributed by atoms with Crippen LogP contribution in [0.1, 0.15) is 19.3 Å². The third-order valence-electron chi connectivity index (χ3n) is 2.50. The summed E-state index contributed by atoms with van der Waals surface area (Å²) >= 11 is 4.76. The van der Waals surface area contributed by atoms with E-state index in [1.54, 1.807) is 6.07 Å².